The molecule has 0 fully saturated rings. The first-order valence-electron chi connectivity index (χ1n) is 10.4. The minimum Gasteiger partial charge on any atom is -0.468 e. The molecule has 0 aromatic heterocycles. The van der Waals surface area contributed by atoms with Gasteiger partial charge in [-0.05, 0) is 30.5 Å². The second-order valence-electron chi connectivity index (χ2n) is 8.21. The third-order valence-corrected chi connectivity index (χ3v) is 6.25. The number of hydrogen-bond donors (Lipinski definition) is 2. The number of esters is 1. The molecule has 0 amide bonds. The van der Waals surface area contributed by atoms with Gasteiger partial charge in [0, 0.05) is 11.3 Å². The molecule has 2 heterocycles. The van der Waals surface area contributed by atoms with E-state index in [2.05, 4.69) is 10.6 Å². The van der Waals surface area contributed by atoms with E-state index in [0.717, 1.165) is 5.69 Å². The monoisotopic (exact) mass is 451 g/mol. The molecule has 1 aliphatic carbocycles. The maximum absolute atomic E-state index is 13.7. The van der Waals surface area contributed by atoms with Gasteiger partial charge in [-0.25, -0.2) is 0 Å². The van der Waals surface area contributed by atoms with Crippen LogP contribution in [0.25, 0.3) is 0 Å². The quantitative estimate of drug-likeness (QED) is 0.311. The molecule has 3 atom stereocenters. The molecule has 170 valence electrons. The van der Waals surface area contributed by atoms with Crippen LogP contribution in [0.4, 0.5) is 17.1 Å². The smallest absolute Gasteiger partial charge is 0.316 e. The Labute approximate surface area is 188 Å². The number of nitrogens with zero attached hydrogens (tertiary/aromatic N) is 1. The number of fused-ring (bicyclic) bond motifs is 2. The summed E-state index contributed by atoms with van der Waals surface area (Å²) in [5.41, 5.74) is 2.29. The number of hydrogen-bond acceptors (Lipinski definition) is 9. The molecular weight excluding hydrogens is 430 g/mol. The zero-order chi connectivity index (χ0) is 23.3. The third kappa shape index (κ3) is 3.34. The summed E-state index contributed by atoms with van der Waals surface area (Å²) in [7, 11) is 1.24. The topological polar surface area (TPSA) is 129 Å². The number of benzene rings is 2. The van der Waals surface area contributed by atoms with E-state index in [1.807, 2.05) is 31.2 Å². The number of rotatable bonds is 3. The number of para-hydroxylation sites is 2. The number of methoxy groups -OCH3 is 1. The van der Waals surface area contributed by atoms with E-state index in [9.17, 15) is 19.7 Å². The molecule has 0 saturated carbocycles. The van der Waals surface area contributed by atoms with Crippen molar-refractivity contribution in [1.29, 1.82) is 0 Å². The van der Waals surface area contributed by atoms with E-state index < -0.39 is 28.6 Å². The highest BCUT2D eigenvalue weighted by Crippen LogP contribution is 2.48. The predicted molar refractivity (Wildman–Crippen MR) is 117 cm³/mol. The highest BCUT2D eigenvalue weighted by atomic mass is 16.7. The number of ketones is 1. The van der Waals surface area contributed by atoms with Crippen molar-refractivity contribution in [1.82, 2.24) is 0 Å². The average molecular weight is 451 g/mol. The lowest BCUT2D eigenvalue weighted by molar-refractivity contribution is -0.385. The van der Waals surface area contributed by atoms with Crippen LogP contribution in [0.2, 0.25) is 0 Å². The number of nitrogens with one attached hydrogen (secondary N) is 2. The Bertz CT molecular complexity index is 1220. The second kappa shape index (κ2) is 7.80. The van der Waals surface area contributed by atoms with E-state index in [1.165, 1.54) is 19.2 Å². The molecule has 2 N–H and O–H groups in total. The number of nitro groups is 1. The summed E-state index contributed by atoms with van der Waals surface area (Å²) in [6, 6.07) is 9.27. The van der Waals surface area contributed by atoms with E-state index >= 15 is 0 Å². The molecule has 0 saturated heterocycles. The molecule has 5 rings (SSSR count). The number of nitro benzene ring substituents is 1. The molecule has 2 aliphatic heterocycles. The Kier molecular flexibility index (Phi) is 4.92. The molecule has 0 spiro atoms. The number of carbonyl (C=O) groups is 2. The largest absolute Gasteiger partial charge is 0.468 e. The summed E-state index contributed by atoms with van der Waals surface area (Å²) >= 11 is 0. The lowest BCUT2D eigenvalue weighted by Gasteiger charge is -2.32. The minimum absolute atomic E-state index is 0.0484. The van der Waals surface area contributed by atoms with Crippen molar-refractivity contribution < 1.29 is 28.7 Å². The van der Waals surface area contributed by atoms with E-state index in [-0.39, 0.29) is 35.3 Å². The Morgan fingerprint density at radius 1 is 1.18 bits per heavy atom. The molecule has 2 aromatic rings. The molecule has 33 heavy (non-hydrogen) atoms. The lowest BCUT2D eigenvalue weighted by atomic mass is 9.74. The molecule has 0 unspecified atom stereocenters. The van der Waals surface area contributed by atoms with Crippen LogP contribution in [0.3, 0.4) is 0 Å². The predicted octanol–water partition coefficient (Wildman–Crippen LogP) is 3.55. The van der Waals surface area contributed by atoms with Crippen LogP contribution in [-0.4, -0.2) is 30.6 Å². The normalized spacial score (nSPS) is 23.0. The van der Waals surface area contributed by atoms with Gasteiger partial charge >= 0.3 is 5.97 Å². The third-order valence-electron chi connectivity index (χ3n) is 6.25. The number of ether oxygens (including phenoxy) is 3. The Morgan fingerprint density at radius 2 is 1.88 bits per heavy atom. The van der Waals surface area contributed by atoms with Gasteiger partial charge in [-0.15, -0.1) is 0 Å². The summed E-state index contributed by atoms with van der Waals surface area (Å²) in [5, 5.41) is 18.6. The number of allylic oxidation sites excluding steroid dienone is 1. The standard InChI is InChI=1S/C23H21N3O7/c1-11-7-15-20(22(27)19(11)23(28)31-2)21(25-14-6-4-3-5-13(14)24-15)12-8-17-18(33-10-32-17)9-16(12)26(29)30/h3-6,8-9,11,19,21,24-25H,7,10H2,1-2H3/t11-,19-,21-/m0/s1. The van der Waals surface area contributed by atoms with Crippen LogP contribution in [-0.2, 0) is 14.3 Å². The van der Waals surface area contributed by atoms with Gasteiger partial charge in [0.1, 0.15) is 5.92 Å². The first-order valence-corrected chi connectivity index (χ1v) is 10.4. The van der Waals surface area contributed by atoms with Gasteiger partial charge in [-0.1, -0.05) is 19.1 Å². The molecular formula is C23H21N3O7. The second-order valence-corrected chi connectivity index (χ2v) is 8.21. The van der Waals surface area contributed by atoms with Crippen molar-refractivity contribution >= 4 is 28.8 Å². The molecule has 0 bridgehead atoms. The van der Waals surface area contributed by atoms with Crippen molar-refractivity contribution in [3.8, 4) is 11.5 Å². The van der Waals surface area contributed by atoms with Crippen LogP contribution in [0.15, 0.2) is 47.7 Å². The Balaban J connectivity index is 1.73. The Hall–Kier alpha value is -4.08. The highest BCUT2D eigenvalue weighted by molar-refractivity contribution is 6.11. The van der Waals surface area contributed by atoms with Gasteiger partial charge in [0.15, 0.2) is 17.3 Å². The van der Waals surface area contributed by atoms with E-state index in [0.29, 0.717) is 23.6 Å². The lowest BCUT2D eigenvalue weighted by Crippen LogP contribution is -2.39. The van der Waals surface area contributed by atoms with E-state index in [4.69, 9.17) is 14.2 Å². The molecule has 0 radical (unpaired) electrons. The maximum Gasteiger partial charge on any atom is 0.316 e. The van der Waals surface area contributed by atoms with Gasteiger partial charge < -0.3 is 24.8 Å². The summed E-state index contributed by atoms with van der Waals surface area (Å²) in [4.78, 5) is 37.7. The number of anilines is 2. The minimum atomic E-state index is -1.01. The summed E-state index contributed by atoms with van der Waals surface area (Å²) in [5.74, 6) is -1.75. The van der Waals surface area contributed by atoms with Gasteiger partial charge in [0.05, 0.1) is 41.1 Å². The number of Topliss-reactive ketones (excluding diaryl/α,β-unsaturated/α-hetero) is 1. The first kappa shape index (κ1) is 20.8. The van der Waals surface area contributed by atoms with Crippen LogP contribution in [0, 0.1) is 22.0 Å². The zero-order valence-electron chi connectivity index (χ0n) is 17.9. The molecule has 10 nitrogen and oxygen atoms in total. The van der Waals surface area contributed by atoms with Crippen LogP contribution in [0.5, 0.6) is 11.5 Å². The molecule has 2 aromatic carbocycles. The fraction of sp³-hybridized carbons (Fsp3) is 0.304. The van der Waals surface area contributed by atoms with Gasteiger partial charge in [-0.2, -0.15) is 0 Å². The fourth-order valence-electron chi connectivity index (χ4n) is 4.70. The summed E-state index contributed by atoms with van der Waals surface area (Å²) in [6.07, 6.45) is 0.395. The number of carbonyl (C=O) groups excluding carboxylic acids is 2. The van der Waals surface area contributed by atoms with Gasteiger partial charge in [-0.3, -0.25) is 19.7 Å². The molecule has 3 aliphatic rings. The fourth-order valence-corrected chi connectivity index (χ4v) is 4.70. The maximum atomic E-state index is 13.7. The van der Waals surface area contributed by atoms with Crippen molar-refractivity contribution in [3.63, 3.8) is 0 Å². The van der Waals surface area contributed by atoms with Crippen molar-refractivity contribution in [3.05, 3.63) is 63.3 Å². The van der Waals surface area contributed by atoms with Crippen LogP contribution >= 0.6 is 0 Å². The molecule has 10 heteroatoms. The Morgan fingerprint density at radius 3 is 2.58 bits per heavy atom. The SMILES string of the molecule is COC(=O)[C@@H]1C(=O)C2=C(C[C@@H]1C)Nc1ccccc1N[C@H]2c1cc2c(cc1[N+](=O)[O-])OCO2. The van der Waals surface area contributed by atoms with Crippen molar-refractivity contribution in [2.45, 2.75) is 19.4 Å². The van der Waals surface area contributed by atoms with Gasteiger partial charge in [0.25, 0.3) is 5.69 Å². The van der Waals surface area contributed by atoms with Gasteiger partial charge in [0.2, 0.25) is 6.79 Å². The first-order chi connectivity index (χ1) is 15.9. The zero-order valence-corrected chi connectivity index (χ0v) is 17.9. The van der Waals surface area contributed by atoms with Crippen LogP contribution in [0.1, 0.15) is 24.9 Å². The van der Waals surface area contributed by atoms with Crippen molar-refractivity contribution in [2.24, 2.45) is 11.8 Å². The van der Waals surface area contributed by atoms with Crippen molar-refractivity contribution in [2.75, 3.05) is 24.5 Å². The van der Waals surface area contributed by atoms with Crippen LogP contribution < -0.4 is 20.1 Å². The summed E-state index contributed by atoms with van der Waals surface area (Å²) in [6.45, 7) is 1.76. The summed E-state index contributed by atoms with van der Waals surface area (Å²) < 4.78 is 15.7. The van der Waals surface area contributed by atoms with E-state index in [1.54, 1.807) is 0 Å². The highest BCUT2D eigenvalue weighted by Gasteiger charge is 2.45. The average Bonchev–Trinajstić information content (AvgIpc) is 3.18.